The lowest BCUT2D eigenvalue weighted by Gasteiger charge is -2.38. The molecule has 3 aromatic carbocycles. The fourth-order valence-corrected chi connectivity index (χ4v) is 5.40. The van der Waals surface area contributed by atoms with Crippen molar-refractivity contribution in [2.24, 2.45) is 0 Å². The molecule has 1 saturated heterocycles. The summed E-state index contributed by atoms with van der Waals surface area (Å²) >= 11 is 0. The minimum absolute atomic E-state index is 0.00125. The Bertz CT molecular complexity index is 1290. The van der Waals surface area contributed by atoms with Gasteiger partial charge in [0.25, 0.3) is 0 Å². The summed E-state index contributed by atoms with van der Waals surface area (Å²) in [5.41, 5.74) is 6.71. The number of hydrogen-bond donors (Lipinski definition) is 4. The lowest BCUT2D eigenvalue weighted by Crippen LogP contribution is -2.37. The van der Waals surface area contributed by atoms with Crippen LogP contribution in [-0.4, -0.2) is 46.7 Å². The number of aliphatic hydroxyl groups excluding tert-OH is 1. The first kappa shape index (κ1) is 33.3. The van der Waals surface area contributed by atoms with Crippen molar-refractivity contribution in [3.05, 3.63) is 107 Å². The first-order valence-electron chi connectivity index (χ1n) is 15.4. The number of rotatable bonds is 16. The van der Waals surface area contributed by atoms with Crippen LogP contribution in [0.2, 0.25) is 0 Å². The van der Waals surface area contributed by atoms with E-state index in [-0.39, 0.29) is 30.6 Å². The van der Waals surface area contributed by atoms with Crippen molar-refractivity contribution in [2.45, 2.75) is 83.1 Å². The van der Waals surface area contributed by atoms with E-state index in [9.17, 15) is 14.7 Å². The van der Waals surface area contributed by atoms with E-state index in [1.807, 2.05) is 54.6 Å². The standard InChI is InChI=1S/C35H45N3O6/c1-38(23-27-9-5-4-6-10-27)24-31-21-32(29-17-15-28(25-39)16-18-29)44-35(43-31)30-19-13-26(14-20-30)22-36-33(40)11-7-2-3-8-12-34(41)37-42/h4-6,9-10,13-20,31-32,35,39,42H,2-3,7-8,11-12,21-25H2,1H3,(H,36,40)(H,37,41)/t31-,32+,35+/m0/s1. The maximum absolute atomic E-state index is 12.3. The van der Waals surface area contributed by atoms with E-state index < -0.39 is 6.29 Å². The van der Waals surface area contributed by atoms with Crippen molar-refractivity contribution < 1.29 is 29.4 Å². The zero-order valence-electron chi connectivity index (χ0n) is 25.5. The monoisotopic (exact) mass is 603 g/mol. The van der Waals surface area contributed by atoms with Crippen LogP contribution in [0.3, 0.4) is 0 Å². The number of nitrogens with zero attached hydrogens (tertiary/aromatic N) is 1. The Hall–Kier alpha value is -3.60. The normalized spacial score (nSPS) is 18.2. The predicted octanol–water partition coefficient (Wildman–Crippen LogP) is 5.32. The molecule has 44 heavy (non-hydrogen) atoms. The van der Waals surface area contributed by atoms with Crippen LogP contribution in [0, 0.1) is 0 Å². The van der Waals surface area contributed by atoms with Gasteiger partial charge in [-0.05, 0) is 42.1 Å². The van der Waals surface area contributed by atoms with Gasteiger partial charge < -0.3 is 19.9 Å². The van der Waals surface area contributed by atoms with Crippen molar-refractivity contribution in [3.8, 4) is 0 Å². The number of carbonyl (C=O) groups excluding carboxylic acids is 2. The molecule has 3 aromatic rings. The molecule has 2 amide bonds. The summed E-state index contributed by atoms with van der Waals surface area (Å²) in [5, 5.41) is 21.0. The first-order valence-corrected chi connectivity index (χ1v) is 15.4. The Labute approximate surface area is 260 Å². The highest BCUT2D eigenvalue weighted by atomic mass is 16.7. The molecule has 0 aliphatic carbocycles. The highest BCUT2D eigenvalue weighted by Gasteiger charge is 2.32. The smallest absolute Gasteiger partial charge is 0.243 e. The molecule has 9 nitrogen and oxygen atoms in total. The highest BCUT2D eigenvalue weighted by Crippen LogP contribution is 2.38. The molecule has 1 heterocycles. The van der Waals surface area contributed by atoms with E-state index in [4.69, 9.17) is 14.7 Å². The van der Waals surface area contributed by atoms with Crippen LogP contribution >= 0.6 is 0 Å². The number of nitrogens with one attached hydrogen (secondary N) is 2. The van der Waals surface area contributed by atoms with Crippen LogP contribution in [0.1, 0.15) is 85.2 Å². The molecule has 0 spiro atoms. The molecule has 1 aliphatic heterocycles. The number of likely N-dealkylation sites (N-methyl/N-ethyl adjacent to an activating group) is 1. The molecular weight excluding hydrogens is 558 g/mol. The Morgan fingerprint density at radius 1 is 0.795 bits per heavy atom. The van der Waals surface area contributed by atoms with Crippen LogP contribution in [0.5, 0.6) is 0 Å². The van der Waals surface area contributed by atoms with Gasteiger partial charge in [-0.25, -0.2) is 5.48 Å². The molecule has 4 rings (SSSR count). The lowest BCUT2D eigenvalue weighted by molar-refractivity contribution is -0.252. The van der Waals surface area contributed by atoms with Gasteiger partial charge in [-0.2, -0.15) is 0 Å². The average molecular weight is 604 g/mol. The third kappa shape index (κ3) is 10.8. The van der Waals surface area contributed by atoms with Gasteiger partial charge in [-0.1, -0.05) is 91.7 Å². The Balaban J connectivity index is 1.31. The van der Waals surface area contributed by atoms with E-state index in [0.29, 0.717) is 25.8 Å². The van der Waals surface area contributed by atoms with Gasteiger partial charge in [0, 0.05) is 44.5 Å². The number of hydrogen-bond acceptors (Lipinski definition) is 7. The third-order valence-electron chi connectivity index (χ3n) is 7.85. The predicted molar refractivity (Wildman–Crippen MR) is 167 cm³/mol. The Morgan fingerprint density at radius 2 is 1.43 bits per heavy atom. The third-order valence-corrected chi connectivity index (χ3v) is 7.85. The summed E-state index contributed by atoms with van der Waals surface area (Å²) in [4.78, 5) is 25.6. The summed E-state index contributed by atoms with van der Waals surface area (Å²) in [7, 11) is 2.11. The average Bonchev–Trinajstić information content (AvgIpc) is 3.05. The summed E-state index contributed by atoms with van der Waals surface area (Å²) < 4.78 is 13.0. The van der Waals surface area contributed by atoms with Gasteiger partial charge in [-0.15, -0.1) is 0 Å². The van der Waals surface area contributed by atoms with Crippen LogP contribution in [0.15, 0.2) is 78.9 Å². The van der Waals surface area contributed by atoms with Crippen molar-refractivity contribution >= 4 is 11.8 Å². The molecule has 0 bridgehead atoms. The van der Waals surface area contributed by atoms with Gasteiger partial charge in [0.05, 0.1) is 18.8 Å². The number of hydroxylamine groups is 1. The zero-order chi connectivity index (χ0) is 31.1. The topological polar surface area (TPSA) is 120 Å². The van der Waals surface area contributed by atoms with E-state index in [0.717, 1.165) is 61.0 Å². The quantitative estimate of drug-likeness (QED) is 0.0994. The second kappa shape index (κ2) is 17.6. The number of amides is 2. The molecule has 236 valence electrons. The SMILES string of the molecule is CN(Cc1ccccc1)C[C@@H]1C[C@H](c2ccc(CO)cc2)O[C@H](c2ccc(CNC(=O)CCCCCCC(=O)NO)cc2)O1. The van der Waals surface area contributed by atoms with Crippen molar-refractivity contribution in [2.75, 3.05) is 13.6 Å². The maximum Gasteiger partial charge on any atom is 0.243 e. The minimum Gasteiger partial charge on any atom is -0.392 e. The second-order valence-electron chi connectivity index (χ2n) is 11.5. The van der Waals surface area contributed by atoms with E-state index in [2.05, 4.69) is 41.5 Å². The fraction of sp³-hybridized carbons (Fsp3) is 0.429. The van der Waals surface area contributed by atoms with Gasteiger partial charge in [0.15, 0.2) is 6.29 Å². The van der Waals surface area contributed by atoms with Gasteiger partial charge in [-0.3, -0.25) is 19.7 Å². The van der Waals surface area contributed by atoms with Crippen LogP contribution in [0.4, 0.5) is 0 Å². The Kier molecular flexibility index (Phi) is 13.3. The molecule has 9 heteroatoms. The molecular formula is C35H45N3O6. The number of aliphatic hydroxyl groups is 1. The van der Waals surface area contributed by atoms with E-state index >= 15 is 0 Å². The summed E-state index contributed by atoms with van der Waals surface area (Å²) in [6.07, 6.45) is 3.87. The molecule has 0 unspecified atom stereocenters. The number of unbranched alkanes of at least 4 members (excludes halogenated alkanes) is 3. The lowest BCUT2D eigenvalue weighted by atomic mass is 9.99. The van der Waals surface area contributed by atoms with E-state index in [1.165, 1.54) is 5.56 Å². The summed E-state index contributed by atoms with van der Waals surface area (Å²) in [6.45, 7) is 2.02. The largest absolute Gasteiger partial charge is 0.392 e. The molecule has 0 aromatic heterocycles. The van der Waals surface area contributed by atoms with Crippen molar-refractivity contribution in [1.82, 2.24) is 15.7 Å². The highest BCUT2D eigenvalue weighted by molar-refractivity contribution is 5.75. The number of ether oxygens (including phenoxy) is 2. The molecule has 1 aliphatic rings. The first-order chi connectivity index (χ1) is 21.4. The van der Waals surface area contributed by atoms with Gasteiger partial charge in [0.1, 0.15) is 0 Å². The minimum atomic E-state index is -0.534. The van der Waals surface area contributed by atoms with Crippen molar-refractivity contribution in [1.29, 1.82) is 0 Å². The number of benzene rings is 3. The molecule has 4 N–H and O–H groups in total. The second-order valence-corrected chi connectivity index (χ2v) is 11.5. The Morgan fingerprint density at radius 3 is 2.09 bits per heavy atom. The fourth-order valence-electron chi connectivity index (χ4n) is 5.40. The van der Waals surface area contributed by atoms with Crippen LogP contribution in [-0.2, 0) is 38.8 Å². The van der Waals surface area contributed by atoms with E-state index in [1.54, 1.807) is 5.48 Å². The van der Waals surface area contributed by atoms with Crippen molar-refractivity contribution in [3.63, 3.8) is 0 Å². The summed E-state index contributed by atoms with van der Waals surface area (Å²) in [6, 6.07) is 26.3. The molecule has 3 atom stereocenters. The maximum atomic E-state index is 12.3. The van der Waals surface area contributed by atoms with Gasteiger partial charge in [0.2, 0.25) is 11.8 Å². The molecule has 0 saturated carbocycles. The van der Waals surface area contributed by atoms with Gasteiger partial charge >= 0.3 is 0 Å². The van der Waals surface area contributed by atoms with Crippen LogP contribution < -0.4 is 10.8 Å². The number of carbonyl (C=O) groups is 2. The summed E-state index contributed by atoms with van der Waals surface area (Å²) in [5.74, 6) is -0.381. The van der Waals surface area contributed by atoms with Crippen LogP contribution in [0.25, 0.3) is 0 Å². The molecule has 1 fully saturated rings. The molecule has 0 radical (unpaired) electrons. The zero-order valence-corrected chi connectivity index (χ0v) is 25.5.